The summed E-state index contributed by atoms with van der Waals surface area (Å²) in [4.78, 5) is 5.31. The summed E-state index contributed by atoms with van der Waals surface area (Å²) in [6.07, 6.45) is 1.72. The SMILES string of the molecule is Cc1cnc(CNS(=O)(=O)c2cccc(N)c2)s1. The number of nitrogen functional groups attached to an aromatic ring is 1. The van der Waals surface area contributed by atoms with Crippen molar-refractivity contribution in [2.45, 2.75) is 18.4 Å². The quantitative estimate of drug-likeness (QED) is 0.833. The zero-order valence-corrected chi connectivity index (χ0v) is 11.4. The molecule has 0 fully saturated rings. The predicted octanol–water partition coefficient (Wildman–Crippen LogP) is 1.51. The lowest BCUT2D eigenvalue weighted by atomic mass is 10.3. The fraction of sp³-hybridized carbons (Fsp3) is 0.182. The third-order valence-electron chi connectivity index (χ3n) is 2.25. The van der Waals surface area contributed by atoms with Crippen molar-refractivity contribution in [3.63, 3.8) is 0 Å². The van der Waals surface area contributed by atoms with Crippen molar-refractivity contribution >= 4 is 27.0 Å². The molecular formula is C11H13N3O2S2. The fourth-order valence-corrected chi connectivity index (χ4v) is 3.27. The van der Waals surface area contributed by atoms with Gasteiger partial charge in [-0.2, -0.15) is 0 Å². The minimum Gasteiger partial charge on any atom is -0.399 e. The molecule has 0 bridgehead atoms. The molecule has 0 aliphatic heterocycles. The number of sulfonamides is 1. The molecule has 0 saturated heterocycles. The third kappa shape index (κ3) is 3.06. The number of rotatable bonds is 4. The maximum atomic E-state index is 12.0. The molecule has 1 aromatic carbocycles. The zero-order chi connectivity index (χ0) is 13.2. The molecule has 0 atom stereocenters. The third-order valence-corrected chi connectivity index (χ3v) is 4.56. The van der Waals surface area contributed by atoms with Crippen molar-refractivity contribution in [1.29, 1.82) is 0 Å². The number of hydrogen-bond acceptors (Lipinski definition) is 5. The van der Waals surface area contributed by atoms with E-state index in [2.05, 4.69) is 9.71 Å². The summed E-state index contributed by atoms with van der Waals surface area (Å²) < 4.78 is 26.4. The minimum absolute atomic E-state index is 0.163. The molecule has 0 spiro atoms. The Labute approximate surface area is 110 Å². The number of anilines is 1. The Hall–Kier alpha value is -1.44. The number of nitrogens with one attached hydrogen (secondary N) is 1. The maximum absolute atomic E-state index is 12.0. The lowest BCUT2D eigenvalue weighted by Gasteiger charge is -2.05. The Bertz CT molecular complexity index is 650. The normalized spacial score (nSPS) is 11.6. The molecule has 18 heavy (non-hydrogen) atoms. The Morgan fingerprint density at radius 3 is 2.83 bits per heavy atom. The van der Waals surface area contributed by atoms with Crippen LogP contribution in [0.15, 0.2) is 35.4 Å². The second-order valence-corrected chi connectivity index (χ2v) is 6.85. The highest BCUT2D eigenvalue weighted by atomic mass is 32.2. The molecule has 0 radical (unpaired) electrons. The van der Waals surface area contributed by atoms with Crippen LogP contribution in [-0.2, 0) is 16.6 Å². The summed E-state index contributed by atoms with van der Waals surface area (Å²) in [7, 11) is -3.54. The van der Waals surface area contributed by atoms with Crippen LogP contribution in [0.1, 0.15) is 9.88 Å². The van der Waals surface area contributed by atoms with Gasteiger partial charge >= 0.3 is 0 Å². The van der Waals surface area contributed by atoms with E-state index in [1.54, 1.807) is 18.3 Å². The van der Waals surface area contributed by atoms with Gasteiger partial charge in [0.15, 0.2) is 0 Å². The van der Waals surface area contributed by atoms with Crippen LogP contribution in [0.5, 0.6) is 0 Å². The van der Waals surface area contributed by atoms with Crippen LogP contribution in [0.3, 0.4) is 0 Å². The van der Waals surface area contributed by atoms with Crippen LogP contribution < -0.4 is 10.5 Å². The van der Waals surface area contributed by atoms with Crippen LogP contribution in [0.25, 0.3) is 0 Å². The van der Waals surface area contributed by atoms with E-state index < -0.39 is 10.0 Å². The summed E-state index contributed by atoms with van der Waals surface area (Å²) in [5, 5.41) is 0.736. The Kier molecular flexibility index (Phi) is 3.65. The second-order valence-electron chi connectivity index (χ2n) is 3.76. The van der Waals surface area contributed by atoms with Gasteiger partial charge in [-0.15, -0.1) is 11.3 Å². The number of nitrogens with zero attached hydrogens (tertiary/aromatic N) is 1. The largest absolute Gasteiger partial charge is 0.399 e. The van der Waals surface area contributed by atoms with Gasteiger partial charge in [0.1, 0.15) is 5.01 Å². The molecule has 0 aliphatic rings. The highest BCUT2D eigenvalue weighted by Gasteiger charge is 2.14. The lowest BCUT2D eigenvalue weighted by Crippen LogP contribution is -2.23. The van der Waals surface area contributed by atoms with Crippen molar-refractivity contribution in [2.75, 3.05) is 5.73 Å². The second kappa shape index (κ2) is 5.05. The summed E-state index contributed by atoms with van der Waals surface area (Å²) in [6.45, 7) is 2.11. The number of aromatic nitrogens is 1. The number of aryl methyl sites for hydroxylation is 1. The molecule has 0 saturated carbocycles. The van der Waals surface area contributed by atoms with Gasteiger partial charge < -0.3 is 5.73 Å². The topological polar surface area (TPSA) is 85.1 Å². The molecule has 0 unspecified atom stereocenters. The van der Waals surface area contributed by atoms with E-state index >= 15 is 0 Å². The van der Waals surface area contributed by atoms with E-state index in [0.29, 0.717) is 5.69 Å². The standard InChI is InChI=1S/C11H13N3O2S2/c1-8-6-13-11(17-8)7-14-18(15,16)10-4-2-3-9(12)5-10/h2-6,14H,7,12H2,1H3. The molecule has 5 nitrogen and oxygen atoms in total. The van der Waals surface area contributed by atoms with Crippen LogP contribution >= 0.6 is 11.3 Å². The van der Waals surface area contributed by atoms with Gasteiger partial charge in [0.2, 0.25) is 10.0 Å². The van der Waals surface area contributed by atoms with Gasteiger partial charge in [0.25, 0.3) is 0 Å². The first-order valence-electron chi connectivity index (χ1n) is 5.24. The van der Waals surface area contributed by atoms with Crippen molar-refractivity contribution in [3.05, 3.63) is 40.3 Å². The van der Waals surface area contributed by atoms with Crippen LogP contribution in [0.2, 0.25) is 0 Å². The number of hydrogen-bond donors (Lipinski definition) is 2. The lowest BCUT2D eigenvalue weighted by molar-refractivity contribution is 0.581. The first kappa shape index (κ1) is 13.0. The summed E-state index contributed by atoms with van der Waals surface area (Å²) in [5.74, 6) is 0. The molecular weight excluding hydrogens is 270 g/mol. The predicted molar refractivity (Wildman–Crippen MR) is 71.7 cm³/mol. The monoisotopic (exact) mass is 283 g/mol. The maximum Gasteiger partial charge on any atom is 0.241 e. The molecule has 96 valence electrons. The fourth-order valence-electron chi connectivity index (χ4n) is 1.40. The Balaban J connectivity index is 2.13. The summed E-state index contributed by atoms with van der Waals surface area (Å²) >= 11 is 1.46. The molecule has 0 aliphatic carbocycles. The Morgan fingerprint density at radius 1 is 1.44 bits per heavy atom. The molecule has 3 N–H and O–H groups in total. The zero-order valence-electron chi connectivity index (χ0n) is 9.75. The summed E-state index contributed by atoms with van der Waals surface area (Å²) in [5.41, 5.74) is 5.98. The van der Waals surface area contributed by atoms with Gasteiger partial charge in [0, 0.05) is 16.8 Å². The van der Waals surface area contributed by atoms with Gasteiger partial charge in [-0.05, 0) is 25.1 Å². The Morgan fingerprint density at radius 2 is 2.22 bits per heavy atom. The molecule has 1 heterocycles. The first-order chi connectivity index (χ1) is 8.47. The van der Waals surface area contributed by atoms with E-state index in [1.165, 1.54) is 23.5 Å². The van der Waals surface area contributed by atoms with Gasteiger partial charge in [-0.3, -0.25) is 0 Å². The van der Waals surface area contributed by atoms with Crippen molar-refractivity contribution < 1.29 is 8.42 Å². The number of benzene rings is 1. The van der Waals surface area contributed by atoms with Crippen molar-refractivity contribution in [3.8, 4) is 0 Å². The van der Waals surface area contributed by atoms with Gasteiger partial charge in [-0.25, -0.2) is 18.1 Å². The van der Waals surface area contributed by atoms with Crippen LogP contribution in [-0.4, -0.2) is 13.4 Å². The highest BCUT2D eigenvalue weighted by molar-refractivity contribution is 7.89. The van der Waals surface area contributed by atoms with E-state index in [-0.39, 0.29) is 11.4 Å². The van der Waals surface area contributed by atoms with Crippen molar-refractivity contribution in [1.82, 2.24) is 9.71 Å². The van der Waals surface area contributed by atoms with E-state index in [1.807, 2.05) is 6.92 Å². The van der Waals surface area contributed by atoms with E-state index in [0.717, 1.165) is 9.88 Å². The van der Waals surface area contributed by atoms with Crippen LogP contribution in [0, 0.1) is 6.92 Å². The van der Waals surface area contributed by atoms with Gasteiger partial charge in [-0.1, -0.05) is 6.07 Å². The van der Waals surface area contributed by atoms with Crippen LogP contribution in [0.4, 0.5) is 5.69 Å². The summed E-state index contributed by atoms with van der Waals surface area (Å²) in [6, 6.07) is 6.18. The van der Waals surface area contributed by atoms with Crippen molar-refractivity contribution in [2.24, 2.45) is 0 Å². The molecule has 7 heteroatoms. The first-order valence-corrected chi connectivity index (χ1v) is 7.54. The molecule has 0 amide bonds. The van der Waals surface area contributed by atoms with E-state index in [4.69, 9.17) is 5.73 Å². The number of nitrogens with two attached hydrogens (primary N) is 1. The highest BCUT2D eigenvalue weighted by Crippen LogP contribution is 2.15. The van der Waals surface area contributed by atoms with E-state index in [9.17, 15) is 8.42 Å². The average molecular weight is 283 g/mol. The van der Waals surface area contributed by atoms with Gasteiger partial charge in [0.05, 0.1) is 11.4 Å². The number of thiazole rings is 1. The molecule has 2 rings (SSSR count). The molecule has 1 aromatic heterocycles. The minimum atomic E-state index is -3.54. The average Bonchev–Trinajstić information content (AvgIpc) is 2.73. The smallest absolute Gasteiger partial charge is 0.241 e. The molecule has 2 aromatic rings.